The predicted molar refractivity (Wildman–Crippen MR) is 79.0 cm³/mol. The summed E-state index contributed by atoms with van der Waals surface area (Å²) < 4.78 is 0. The van der Waals surface area contributed by atoms with Crippen LogP contribution >= 0.6 is 0 Å². The lowest BCUT2D eigenvalue weighted by molar-refractivity contribution is -0.133. The smallest absolute Gasteiger partial charge is 0.238 e. The molecule has 6 heteroatoms. The van der Waals surface area contributed by atoms with Crippen molar-refractivity contribution in [1.29, 1.82) is 0 Å². The van der Waals surface area contributed by atoms with Crippen molar-refractivity contribution in [2.75, 3.05) is 13.2 Å². The summed E-state index contributed by atoms with van der Waals surface area (Å²) in [6.45, 7) is 2.51. The molecule has 6 nitrogen and oxygen atoms in total. The lowest BCUT2D eigenvalue weighted by Crippen LogP contribution is -2.45. The van der Waals surface area contributed by atoms with Crippen LogP contribution in [0.3, 0.4) is 0 Å². The second-order valence-corrected chi connectivity index (χ2v) is 5.42. The van der Waals surface area contributed by atoms with Crippen LogP contribution < -0.4 is 5.73 Å². The van der Waals surface area contributed by atoms with Gasteiger partial charge in [0, 0.05) is 6.54 Å². The monoisotopic (exact) mass is 291 g/mol. The Morgan fingerprint density at radius 1 is 1.48 bits per heavy atom. The van der Waals surface area contributed by atoms with Gasteiger partial charge in [0.25, 0.3) is 0 Å². The third-order valence-electron chi connectivity index (χ3n) is 4.14. The third kappa shape index (κ3) is 3.00. The fourth-order valence-corrected chi connectivity index (χ4v) is 2.87. The summed E-state index contributed by atoms with van der Waals surface area (Å²) in [5.74, 6) is -0.958. The van der Waals surface area contributed by atoms with Crippen molar-refractivity contribution in [2.45, 2.75) is 25.3 Å². The fraction of sp³-hybridized carbons (Fsp3) is 0.467. The quantitative estimate of drug-likeness (QED) is 0.330. The molecule has 1 aliphatic rings. The molecule has 0 aromatic heterocycles. The number of aliphatic hydroxyl groups excluding tert-OH is 1. The minimum atomic E-state index is -0.824. The molecule has 3 unspecified atom stereocenters. The number of nitrogens with zero attached hydrogens (tertiary/aromatic N) is 2. The summed E-state index contributed by atoms with van der Waals surface area (Å²) in [5, 5.41) is 21.5. The van der Waals surface area contributed by atoms with E-state index in [1.54, 1.807) is 29.2 Å². The maximum absolute atomic E-state index is 12.8. The normalized spacial score (nSPS) is 24.1. The average molecular weight is 291 g/mol. The molecule has 0 spiro atoms. The van der Waals surface area contributed by atoms with Crippen LogP contribution in [0.1, 0.15) is 24.8 Å². The molecular weight excluding hydrogens is 270 g/mol. The highest BCUT2D eigenvalue weighted by Gasteiger charge is 2.38. The fourth-order valence-electron chi connectivity index (χ4n) is 2.87. The number of hydrogen-bond donors (Lipinski definition) is 3. The Bertz CT molecular complexity index is 518. The summed E-state index contributed by atoms with van der Waals surface area (Å²) >= 11 is 0. The van der Waals surface area contributed by atoms with Crippen molar-refractivity contribution in [3.63, 3.8) is 0 Å². The summed E-state index contributed by atoms with van der Waals surface area (Å²) in [7, 11) is 0. The largest absolute Gasteiger partial charge is 0.409 e. The Morgan fingerprint density at radius 3 is 2.71 bits per heavy atom. The van der Waals surface area contributed by atoms with E-state index in [-0.39, 0.29) is 30.3 Å². The number of benzene rings is 1. The van der Waals surface area contributed by atoms with E-state index in [9.17, 15) is 9.90 Å². The lowest BCUT2D eigenvalue weighted by atomic mass is 9.95. The topological polar surface area (TPSA) is 99.2 Å². The minimum absolute atomic E-state index is 0.0788. The number of amidine groups is 1. The number of rotatable bonds is 4. The van der Waals surface area contributed by atoms with Crippen molar-refractivity contribution >= 4 is 11.7 Å². The number of hydrogen-bond acceptors (Lipinski definition) is 4. The first-order valence-corrected chi connectivity index (χ1v) is 7.03. The SMILES string of the molecule is CC1CCN(C(=O)C(/C(N)=N/O)c2ccccc2)C1CO. The molecular formula is C15H21N3O3. The first kappa shape index (κ1) is 15.3. The van der Waals surface area contributed by atoms with Crippen molar-refractivity contribution in [2.24, 2.45) is 16.8 Å². The summed E-state index contributed by atoms with van der Waals surface area (Å²) in [4.78, 5) is 14.4. The van der Waals surface area contributed by atoms with Crippen LogP contribution in [0.15, 0.2) is 35.5 Å². The van der Waals surface area contributed by atoms with Gasteiger partial charge in [0.05, 0.1) is 12.6 Å². The number of carbonyl (C=O) groups excluding carboxylic acids is 1. The number of amides is 1. The van der Waals surface area contributed by atoms with E-state index in [2.05, 4.69) is 5.16 Å². The molecule has 4 N–H and O–H groups in total. The molecule has 114 valence electrons. The van der Waals surface area contributed by atoms with E-state index in [1.807, 2.05) is 13.0 Å². The Morgan fingerprint density at radius 2 is 2.14 bits per heavy atom. The maximum atomic E-state index is 12.8. The summed E-state index contributed by atoms with van der Waals surface area (Å²) in [6.07, 6.45) is 0.842. The highest BCUT2D eigenvalue weighted by atomic mass is 16.4. The predicted octanol–water partition coefficient (Wildman–Crippen LogP) is 0.746. The minimum Gasteiger partial charge on any atom is -0.409 e. The van der Waals surface area contributed by atoms with Crippen molar-refractivity contribution in [3.05, 3.63) is 35.9 Å². The molecule has 2 rings (SSSR count). The van der Waals surface area contributed by atoms with Gasteiger partial charge in [0.1, 0.15) is 5.92 Å². The molecule has 0 radical (unpaired) electrons. The Labute approximate surface area is 123 Å². The highest BCUT2D eigenvalue weighted by molar-refractivity contribution is 6.07. The average Bonchev–Trinajstić information content (AvgIpc) is 2.89. The molecule has 3 atom stereocenters. The van der Waals surface area contributed by atoms with Crippen LogP contribution in [-0.4, -0.2) is 46.1 Å². The van der Waals surface area contributed by atoms with Gasteiger partial charge < -0.3 is 20.9 Å². The van der Waals surface area contributed by atoms with Crippen molar-refractivity contribution in [1.82, 2.24) is 4.90 Å². The van der Waals surface area contributed by atoms with Gasteiger partial charge >= 0.3 is 0 Å². The molecule has 0 bridgehead atoms. The summed E-state index contributed by atoms with van der Waals surface area (Å²) in [5.41, 5.74) is 6.40. The van der Waals surface area contributed by atoms with Gasteiger partial charge in [-0.1, -0.05) is 42.4 Å². The van der Waals surface area contributed by atoms with Gasteiger partial charge in [-0.25, -0.2) is 0 Å². The molecule has 1 aliphatic heterocycles. The molecule has 1 amide bonds. The molecule has 0 aliphatic carbocycles. The number of likely N-dealkylation sites (tertiary alicyclic amines) is 1. The van der Waals surface area contributed by atoms with Gasteiger partial charge in [-0.15, -0.1) is 0 Å². The molecule has 1 aromatic rings. The first-order chi connectivity index (χ1) is 10.1. The van der Waals surface area contributed by atoms with Gasteiger partial charge in [-0.05, 0) is 17.9 Å². The standard InChI is InChI=1S/C15H21N3O3/c1-10-7-8-18(12(10)9-19)15(20)13(14(16)17-21)11-5-3-2-4-6-11/h2-6,10,12-13,19,21H,7-9H2,1H3,(H2,16,17). The van der Waals surface area contributed by atoms with Crippen LogP contribution in [0.5, 0.6) is 0 Å². The Balaban J connectivity index is 2.32. The lowest BCUT2D eigenvalue weighted by Gasteiger charge is -2.29. The van der Waals surface area contributed by atoms with Crippen LogP contribution in [0.25, 0.3) is 0 Å². The van der Waals surface area contributed by atoms with Gasteiger partial charge in [-0.3, -0.25) is 4.79 Å². The van der Waals surface area contributed by atoms with Crippen LogP contribution in [-0.2, 0) is 4.79 Å². The number of nitrogens with two attached hydrogens (primary N) is 1. The summed E-state index contributed by atoms with van der Waals surface area (Å²) in [6, 6.07) is 8.77. The Kier molecular flexibility index (Phi) is 4.80. The molecule has 1 heterocycles. The second kappa shape index (κ2) is 6.58. The zero-order valence-electron chi connectivity index (χ0n) is 12.0. The van der Waals surface area contributed by atoms with Crippen LogP contribution in [0, 0.1) is 5.92 Å². The van der Waals surface area contributed by atoms with Crippen molar-refractivity contribution < 1.29 is 15.1 Å². The van der Waals surface area contributed by atoms with E-state index in [4.69, 9.17) is 10.9 Å². The highest BCUT2D eigenvalue weighted by Crippen LogP contribution is 2.28. The molecule has 1 saturated heterocycles. The third-order valence-corrected chi connectivity index (χ3v) is 4.14. The van der Waals surface area contributed by atoms with E-state index in [1.165, 1.54) is 0 Å². The van der Waals surface area contributed by atoms with Gasteiger partial charge in [-0.2, -0.15) is 0 Å². The van der Waals surface area contributed by atoms with Crippen molar-refractivity contribution in [3.8, 4) is 0 Å². The maximum Gasteiger partial charge on any atom is 0.238 e. The molecule has 1 aromatic carbocycles. The number of aliphatic hydroxyl groups is 1. The van der Waals surface area contributed by atoms with Gasteiger partial charge in [0.15, 0.2) is 5.84 Å². The number of carbonyl (C=O) groups is 1. The van der Waals surface area contributed by atoms with E-state index < -0.39 is 5.92 Å². The van der Waals surface area contributed by atoms with Crippen LogP contribution in [0.2, 0.25) is 0 Å². The zero-order chi connectivity index (χ0) is 15.4. The Hall–Kier alpha value is -2.08. The molecule has 1 fully saturated rings. The van der Waals surface area contributed by atoms with E-state index >= 15 is 0 Å². The zero-order valence-corrected chi connectivity index (χ0v) is 12.0. The molecule has 0 saturated carbocycles. The van der Waals surface area contributed by atoms with Crippen LogP contribution in [0.4, 0.5) is 0 Å². The first-order valence-electron chi connectivity index (χ1n) is 7.03. The number of oxime groups is 1. The second-order valence-electron chi connectivity index (χ2n) is 5.42. The van der Waals surface area contributed by atoms with E-state index in [0.717, 1.165) is 6.42 Å². The van der Waals surface area contributed by atoms with E-state index in [0.29, 0.717) is 12.1 Å². The van der Waals surface area contributed by atoms with Gasteiger partial charge in [0.2, 0.25) is 5.91 Å². The molecule has 21 heavy (non-hydrogen) atoms.